The Hall–Kier alpha value is -7.74. The normalized spacial score (nSPS) is 11.1. The van der Waals surface area contributed by atoms with Gasteiger partial charge in [0.15, 0.2) is 0 Å². The zero-order valence-electron chi connectivity index (χ0n) is 32.6. The molecule has 59 heavy (non-hydrogen) atoms. The summed E-state index contributed by atoms with van der Waals surface area (Å²) in [4.78, 5) is 2.36. The highest BCUT2D eigenvalue weighted by Crippen LogP contribution is 2.42. The van der Waals surface area contributed by atoms with Gasteiger partial charge >= 0.3 is 0 Å². The predicted molar refractivity (Wildman–Crippen MR) is 251 cm³/mol. The zero-order valence-corrected chi connectivity index (χ0v) is 32.6. The fraction of sp³-hybridized carbons (Fsp3) is 0. The van der Waals surface area contributed by atoms with Crippen LogP contribution in [0.4, 0.5) is 17.1 Å². The molecule has 0 unspecified atom stereocenters. The van der Waals surface area contributed by atoms with Crippen molar-refractivity contribution in [1.82, 2.24) is 0 Å². The summed E-state index contributed by atoms with van der Waals surface area (Å²) in [6.07, 6.45) is 0. The first-order valence-electron chi connectivity index (χ1n) is 20.2. The van der Waals surface area contributed by atoms with E-state index in [4.69, 9.17) is 0 Å². The molecule has 0 aliphatic heterocycles. The number of anilines is 3. The Bertz CT molecular complexity index is 2920. The van der Waals surface area contributed by atoms with Gasteiger partial charge in [0, 0.05) is 17.1 Å². The van der Waals surface area contributed by atoms with Crippen LogP contribution in [0, 0.1) is 0 Å². The molecule has 0 aromatic heterocycles. The fourth-order valence-electron chi connectivity index (χ4n) is 8.29. The lowest BCUT2D eigenvalue weighted by molar-refractivity contribution is 1.28. The van der Waals surface area contributed by atoms with Crippen molar-refractivity contribution in [2.24, 2.45) is 0 Å². The topological polar surface area (TPSA) is 3.24 Å². The molecule has 278 valence electrons. The average Bonchev–Trinajstić information content (AvgIpc) is 3.33. The van der Waals surface area contributed by atoms with Gasteiger partial charge in [-0.3, -0.25) is 0 Å². The van der Waals surface area contributed by atoms with Crippen molar-refractivity contribution in [2.45, 2.75) is 0 Å². The number of hydrogen-bond donors (Lipinski definition) is 0. The van der Waals surface area contributed by atoms with Gasteiger partial charge in [0.2, 0.25) is 0 Å². The summed E-state index contributed by atoms with van der Waals surface area (Å²) in [5.74, 6) is 0. The van der Waals surface area contributed by atoms with Crippen LogP contribution in [0.15, 0.2) is 249 Å². The molecule has 0 saturated carbocycles. The van der Waals surface area contributed by atoms with Gasteiger partial charge in [-0.2, -0.15) is 0 Å². The first-order valence-corrected chi connectivity index (χ1v) is 20.2. The molecule has 10 rings (SSSR count). The first kappa shape index (κ1) is 35.7. The second-order valence-corrected chi connectivity index (χ2v) is 14.9. The van der Waals surface area contributed by atoms with Crippen LogP contribution in [-0.4, -0.2) is 0 Å². The number of nitrogens with zero attached hydrogens (tertiary/aromatic N) is 1. The molecule has 0 aliphatic carbocycles. The van der Waals surface area contributed by atoms with E-state index < -0.39 is 0 Å². The van der Waals surface area contributed by atoms with Crippen LogP contribution in [0.25, 0.3) is 77.5 Å². The number of benzene rings is 10. The molecule has 10 aromatic rings. The van der Waals surface area contributed by atoms with E-state index in [0.717, 1.165) is 17.1 Å². The first-order chi connectivity index (χ1) is 29.2. The fourth-order valence-corrected chi connectivity index (χ4v) is 8.29. The van der Waals surface area contributed by atoms with E-state index in [2.05, 4.69) is 254 Å². The third-order valence-electron chi connectivity index (χ3n) is 11.3. The smallest absolute Gasteiger partial charge is 0.0462 e. The lowest BCUT2D eigenvalue weighted by Gasteiger charge is -2.26. The molecule has 0 radical (unpaired) electrons. The molecule has 1 heteroatoms. The van der Waals surface area contributed by atoms with Crippen LogP contribution in [0.3, 0.4) is 0 Å². The third kappa shape index (κ3) is 7.34. The molecule has 0 amide bonds. The molecule has 0 atom stereocenters. The van der Waals surface area contributed by atoms with Gasteiger partial charge in [-0.15, -0.1) is 0 Å². The van der Waals surface area contributed by atoms with Crippen molar-refractivity contribution < 1.29 is 0 Å². The van der Waals surface area contributed by atoms with Crippen LogP contribution in [-0.2, 0) is 0 Å². The average molecular weight is 752 g/mol. The van der Waals surface area contributed by atoms with Crippen LogP contribution in [0.5, 0.6) is 0 Å². The predicted octanol–water partition coefficient (Wildman–Crippen LogP) is 16.3. The van der Waals surface area contributed by atoms with Crippen LogP contribution >= 0.6 is 0 Å². The highest BCUT2D eigenvalue weighted by Gasteiger charge is 2.17. The molecule has 10 aromatic carbocycles. The van der Waals surface area contributed by atoms with Crippen molar-refractivity contribution in [3.05, 3.63) is 249 Å². The minimum Gasteiger partial charge on any atom is -0.311 e. The number of hydrogen-bond acceptors (Lipinski definition) is 1. The maximum atomic E-state index is 2.36. The summed E-state index contributed by atoms with van der Waals surface area (Å²) in [6, 6.07) is 89.8. The van der Waals surface area contributed by atoms with E-state index in [0.29, 0.717) is 0 Å². The van der Waals surface area contributed by atoms with Gasteiger partial charge in [0.1, 0.15) is 0 Å². The Morgan fingerprint density at radius 3 is 1.02 bits per heavy atom. The van der Waals surface area contributed by atoms with Gasteiger partial charge in [0.25, 0.3) is 0 Å². The van der Waals surface area contributed by atoms with E-state index in [1.165, 1.54) is 77.5 Å². The van der Waals surface area contributed by atoms with E-state index in [1.54, 1.807) is 0 Å². The lowest BCUT2D eigenvalue weighted by atomic mass is 9.90. The summed E-state index contributed by atoms with van der Waals surface area (Å²) < 4.78 is 0. The van der Waals surface area contributed by atoms with Gasteiger partial charge in [-0.1, -0.05) is 194 Å². The number of fused-ring (bicyclic) bond motifs is 1. The van der Waals surface area contributed by atoms with Crippen molar-refractivity contribution in [3.8, 4) is 66.8 Å². The van der Waals surface area contributed by atoms with Crippen molar-refractivity contribution in [1.29, 1.82) is 0 Å². The Morgan fingerprint density at radius 2 is 0.559 bits per heavy atom. The lowest BCUT2D eigenvalue weighted by Crippen LogP contribution is -2.09. The standard InChI is InChI=1S/C58H41N/c1-5-15-42(16-6-1)45-25-32-53(33-26-45)59(55-36-29-48(30-37-55)57-38-31-47-21-13-14-24-56(47)58(57)49-22-11-4-12-23-49)54-34-27-46(28-35-54)52-40-50(43-17-7-2-8-18-43)39-51(41-52)44-19-9-3-10-20-44/h1-41H. The molecule has 0 saturated heterocycles. The van der Waals surface area contributed by atoms with Crippen LogP contribution in [0.1, 0.15) is 0 Å². The molecular formula is C58H41N. The summed E-state index contributed by atoms with van der Waals surface area (Å²) in [5.41, 5.74) is 17.7. The summed E-state index contributed by atoms with van der Waals surface area (Å²) in [6.45, 7) is 0. The highest BCUT2D eigenvalue weighted by molar-refractivity contribution is 6.04. The molecule has 0 bridgehead atoms. The van der Waals surface area contributed by atoms with Gasteiger partial charge in [-0.05, 0) is 132 Å². The van der Waals surface area contributed by atoms with Gasteiger partial charge < -0.3 is 4.90 Å². The maximum Gasteiger partial charge on any atom is 0.0462 e. The Kier molecular flexibility index (Phi) is 9.68. The molecule has 0 spiro atoms. The summed E-state index contributed by atoms with van der Waals surface area (Å²) in [5, 5.41) is 2.49. The second kappa shape index (κ2) is 16.0. The minimum absolute atomic E-state index is 1.09. The van der Waals surface area contributed by atoms with E-state index in [9.17, 15) is 0 Å². The highest BCUT2D eigenvalue weighted by atomic mass is 15.1. The molecule has 0 heterocycles. The molecular weight excluding hydrogens is 711 g/mol. The number of rotatable bonds is 9. The van der Waals surface area contributed by atoms with Gasteiger partial charge in [-0.25, -0.2) is 0 Å². The molecule has 0 aliphatic rings. The largest absolute Gasteiger partial charge is 0.311 e. The summed E-state index contributed by atoms with van der Waals surface area (Å²) >= 11 is 0. The van der Waals surface area contributed by atoms with E-state index in [-0.39, 0.29) is 0 Å². The maximum absolute atomic E-state index is 2.36. The zero-order chi connectivity index (χ0) is 39.4. The summed E-state index contributed by atoms with van der Waals surface area (Å²) in [7, 11) is 0. The van der Waals surface area contributed by atoms with Gasteiger partial charge in [0.05, 0.1) is 0 Å². The second-order valence-electron chi connectivity index (χ2n) is 14.9. The SMILES string of the molecule is c1ccc(-c2ccc(N(c3ccc(-c4cc(-c5ccccc5)cc(-c5ccccc5)c4)cc3)c3ccc(-c4ccc5ccccc5c4-c4ccccc4)cc3)cc2)cc1. The van der Waals surface area contributed by atoms with E-state index >= 15 is 0 Å². The van der Waals surface area contributed by atoms with Crippen molar-refractivity contribution >= 4 is 27.8 Å². The molecule has 0 N–H and O–H groups in total. The minimum atomic E-state index is 1.09. The van der Waals surface area contributed by atoms with Crippen molar-refractivity contribution in [3.63, 3.8) is 0 Å². The van der Waals surface area contributed by atoms with Crippen LogP contribution in [0.2, 0.25) is 0 Å². The Balaban J connectivity index is 1.06. The monoisotopic (exact) mass is 751 g/mol. The van der Waals surface area contributed by atoms with Crippen molar-refractivity contribution in [2.75, 3.05) is 4.90 Å². The molecule has 1 nitrogen and oxygen atoms in total. The molecule has 0 fully saturated rings. The van der Waals surface area contributed by atoms with E-state index in [1.807, 2.05) is 0 Å². The Morgan fingerprint density at radius 1 is 0.220 bits per heavy atom. The quantitative estimate of drug-likeness (QED) is 0.142. The van der Waals surface area contributed by atoms with Crippen LogP contribution < -0.4 is 4.90 Å². The Labute approximate surface area is 346 Å². The third-order valence-corrected chi connectivity index (χ3v) is 11.3.